The highest BCUT2D eigenvalue weighted by molar-refractivity contribution is 9.10. The first-order chi connectivity index (χ1) is 8.76. The molecule has 1 aliphatic carbocycles. The Labute approximate surface area is 115 Å². The van der Waals surface area contributed by atoms with Crippen LogP contribution in [0.5, 0.6) is 5.88 Å². The third-order valence-corrected chi connectivity index (χ3v) is 2.79. The van der Waals surface area contributed by atoms with Crippen molar-refractivity contribution in [1.82, 2.24) is 4.98 Å². The van der Waals surface area contributed by atoms with E-state index in [0.717, 1.165) is 10.4 Å². The normalized spacial score (nSPS) is 13.5. The molecule has 0 spiro atoms. The predicted molar refractivity (Wildman–Crippen MR) is 72.2 cm³/mol. The van der Waals surface area contributed by atoms with Crippen molar-refractivity contribution >= 4 is 15.9 Å². The smallest absolute Gasteiger partial charge is 0.213 e. The van der Waals surface area contributed by atoms with Gasteiger partial charge in [-0.2, -0.15) is 0 Å². The maximum absolute atomic E-state index is 7.91. The molecule has 0 amide bonds. The molecule has 0 bridgehead atoms. The summed E-state index contributed by atoms with van der Waals surface area (Å²) in [4.78, 5) is 4.13. The summed E-state index contributed by atoms with van der Waals surface area (Å²) in [5.74, 6) is 5.25. The fourth-order valence-corrected chi connectivity index (χ4v) is 1.44. The van der Waals surface area contributed by atoms with Crippen molar-refractivity contribution in [3.63, 3.8) is 0 Å². The Balaban J connectivity index is 0.000000232. The van der Waals surface area contributed by atoms with Crippen LogP contribution in [0, 0.1) is 11.8 Å². The molecule has 0 atom stereocenters. The lowest BCUT2D eigenvalue weighted by atomic mass is 9.96. The lowest BCUT2D eigenvalue weighted by Gasteiger charge is -2.25. The third kappa shape index (κ3) is 6.01. The number of rotatable bonds is 2. The molecule has 1 aromatic heterocycles. The molecule has 0 unspecified atom stereocenters. The van der Waals surface area contributed by atoms with E-state index in [1.54, 1.807) is 6.20 Å². The molecule has 1 aromatic rings. The average molecular weight is 314 g/mol. The minimum atomic E-state index is -0.166. The van der Waals surface area contributed by atoms with Crippen LogP contribution in [0.15, 0.2) is 22.8 Å². The van der Waals surface area contributed by atoms with E-state index in [9.17, 15) is 0 Å². The highest BCUT2D eigenvalue weighted by Gasteiger charge is 2.19. The number of nitrogens with zero attached hydrogens (tertiary/aromatic N) is 1. The maximum Gasteiger partial charge on any atom is 0.213 e. The van der Waals surface area contributed by atoms with Gasteiger partial charge in [0.2, 0.25) is 5.88 Å². The van der Waals surface area contributed by atoms with Gasteiger partial charge >= 0.3 is 0 Å². The second-order valence-electron chi connectivity index (χ2n) is 3.66. The van der Waals surface area contributed by atoms with Crippen LogP contribution in [-0.4, -0.2) is 34.5 Å². The van der Waals surface area contributed by atoms with Crippen molar-refractivity contribution in [2.45, 2.75) is 25.4 Å². The second-order valence-corrected chi connectivity index (χ2v) is 4.57. The van der Waals surface area contributed by atoms with E-state index in [0.29, 0.717) is 6.10 Å². The van der Waals surface area contributed by atoms with E-state index in [2.05, 4.69) is 32.8 Å². The number of ether oxygens (including phenoxy) is 1. The molecule has 0 aliphatic heterocycles. The largest absolute Gasteiger partial charge is 0.474 e. The topological polar surface area (TPSA) is 62.6 Å². The van der Waals surface area contributed by atoms with Gasteiger partial charge < -0.3 is 14.9 Å². The first-order valence-corrected chi connectivity index (χ1v) is 6.51. The summed E-state index contributed by atoms with van der Waals surface area (Å²) in [5.41, 5.74) is 0. The summed E-state index contributed by atoms with van der Waals surface area (Å²) in [6.45, 7) is -0.332. The summed E-state index contributed by atoms with van der Waals surface area (Å²) in [5, 5.41) is 15.8. The van der Waals surface area contributed by atoms with Crippen molar-refractivity contribution in [2.75, 3.05) is 13.2 Å². The Morgan fingerprint density at radius 3 is 2.33 bits per heavy atom. The van der Waals surface area contributed by atoms with Crippen molar-refractivity contribution < 1.29 is 14.9 Å². The Hall–Kier alpha value is -1.09. The summed E-state index contributed by atoms with van der Waals surface area (Å²) in [7, 11) is 0. The van der Waals surface area contributed by atoms with Crippen molar-refractivity contribution in [2.24, 2.45) is 0 Å². The van der Waals surface area contributed by atoms with Gasteiger partial charge in [0.15, 0.2) is 0 Å². The fourth-order valence-electron chi connectivity index (χ4n) is 1.20. The van der Waals surface area contributed by atoms with Crippen LogP contribution < -0.4 is 4.74 Å². The van der Waals surface area contributed by atoms with Crippen LogP contribution in [0.4, 0.5) is 0 Å². The van der Waals surface area contributed by atoms with Gasteiger partial charge in [-0.15, -0.1) is 0 Å². The number of aliphatic hydroxyl groups excluding tert-OH is 2. The molecular formula is C13H16BrNO3. The monoisotopic (exact) mass is 313 g/mol. The molecule has 18 heavy (non-hydrogen) atoms. The van der Waals surface area contributed by atoms with Gasteiger partial charge in [0.1, 0.15) is 19.3 Å². The zero-order chi connectivity index (χ0) is 13.2. The van der Waals surface area contributed by atoms with Crippen LogP contribution in [0.1, 0.15) is 19.3 Å². The van der Waals surface area contributed by atoms with E-state index in [-0.39, 0.29) is 13.2 Å². The third-order valence-electron chi connectivity index (χ3n) is 2.32. The zero-order valence-corrected chi connectivity index (χ0v) is 11.6. The van der Waals surface area contributed by atoms with E-state index in [4.69, 9.17) is 14.9 Å². The molecule has 98 valence electrons. The predicted octanol–water partition coefficient (Wildman–Crippen LogP) is 1.75. The van der Waals surface area contributed by atoms with Gasteiger partial charge in [0, 0.05) is 16.7 Å². The molecule has 1 heterocycles. The Morgan fingerprint density at radius 1 is 1.28 bits per heavy atom. The average Bonchev–Trinajstić information content (AvgIpc) is 2.34. The van der Waals surface area contributed by atoms with Gasteiger partial charge in [0.25, 0.3) is 0 Å². The standard InChI is InChI=1S/C9H10BrNO.C4H6O2/c10-7-4-5-9(11-6-7)12-8-2-1-3-8;5-3-1-2-4-6/h4-6,8H,1-3H2;5-6H,3-4H2. The number of hydrogen-bond donors (Lipinski definition) is 2. The Bertz CT molecular complexity index is 385. The number of aromatic nitrogens is 1. The lowest BCUT2D eigenvalue weighted by Crippen LogP contribution is -2.24. The van der Waals surface area contributed by atoms with E-state index in [1.807, 2.05) is 12.1 Å². The molecular weight excluding hydrogens is 298 g/mol. The van der Waals surface area contributed by atoms with E-state index >= 15 is 0 Å². The summed E-state index contributed by atoms with van der Waals surface area (Å²) >= 11 is 3.32. The SMILES string of the molecule is Brc1ccc(OC2CCC2)nc1.OCC#CCO. The molecule has 1 saturated carbocycles. The number of pyridine rings is 1. The minimum Gasteiger partial charge on any atom is -0.474 e. The van der Waals surface area contributed by atoms with Gasteiger partial charge in [-0.25, -0.2) is 4.98 Å². The Kier molecular flexibility index (Phi) is 7.42. The lowest BCUT2D eigenvalue weighted by molar-refractivity contribution is 0.114. The first-order valence-electron chi connectivity index (χ1n) is 5.72. The highest BCUT2D eigenvalue weighted by atomic mass is 79.9. The molecule has 0 aromatic carbocycles. The Morgan fingerprint density at radius 2 is 1.94 bits per heavy atom. The van der Waals surface area contributed by atoms with E-state index < -0.39 is 0 Å². The number of halogens is 1. The van der Waals surface area contributed by atoms with Crippen molar-refractivity contribution in [3.8, 4) is 17.7 Å². The molecule has 2 N–H and O–H groups in total. The minimum absolute atomic E-state index is 0.166. The van der Waals surface area contributed by atoms with Crippen LogP contribution in [0.2, 0.25) is 0 Å². The number of aliphatic hydroxyl groups is 2. The summed E-state index contributed by atoms with van der Waals surface area (Å²) < 4.78 is 6.56. The van der Waals surface area contributed by atoms with Crippen LogP contribution in [0.25, 0.3) is 0 Å². The van der Waals surface area contributed by atoms with Crippen molar-refractivity contribution in [3.05, 3.63) is 22.8 Å². The zero-order valence-electron chi connectivity index (χ0n) is 9.97. The van der Waals surface area contributed by atoms with Crippen LogP contribution in [0.3, 0.4) is 0 Å². The van der Waals surface area contributed by atoms with Gasteiger partial charge in [-0.3, -0.25) is 0 Å². The molecule has 0 radical (unpaired) electrons. The molecule has 4 nitrogen and oxygen atoms in total. The van der Waals surface area contributed by atoms with Gasteiger partial charge in [0.05, 0.1) is 0 Å². The maximum atomic E-state index is 7.91. The van der Waals surface area contributed by atoms with Crippen LogP contribution >= 0.6 is 15.9 Å². The molecule has 1 fully saturated rings. The van der Waals surface area contributed by atoms with Crippen LogP contribution in [-0.2, 0) is 0 Å². The first kappa shape index (κ1) is 15.0. The second kappa shape index (κ2) is 8.92. The molecule has 1 aliphatic rings. The quantitative estimate of drug-likeness (QED) is 0.817. The summed E-state index contributed by atoms with van der Waals surface area (Å²) in [6.07, 6.45) is 5.82. The number of hydrogen-bond acceptors (Lipinski definition) is 4. The summed E-state index contributed by atoms with van der Waals surface area (Å²) in [6, 6.07) is 3.84. The fraction of sp³-hybridized carbons (Fsp3) is 0.462. The van der Waals surface area contributed by atoms with Crippen molar-refractivity contribution in [1.29, 1.82) is 0 Å². The molecule has 2 rings (SSSR count). The molecule has 0 saturated heterocycles. The van der Waals surface area contributed by atoms with E-state index in [1.165, 1.54) is 19.3 Å². The van der Waals surface area contributed by atoms with Gasteiger partial charge in [-0.1, -0.05) is 11.8 Å². The molecule has 5 heteroatoms. The van der Waals surface area contributed by atoms with Gasteiger partial charge in [-0.05, 0) is 41.3 Å². The highest BCUT2D eigenvalue weighted by Crippen LogP contribution is 2.24.